The van der Waals surface area contributed by atoms with Crippen molar-refractivity contribution in [2.45, 2.75) is 129 Å². The van der Waals surface area contributed by atoms with Crippen molar-refractivity contribution in [2.75, 3.05) is 17.3 Å². The van der Waals surface area contributed by atoms with Crippen molar-refractivity contribution in [1.82, 2.24) is 0 Å². The first-order chi connectivity index (χ1) is 14.7. The third kappa shape index (κ3) is 19.1. The molecule has 0 fully saturated rings. The molecule has 180 valence electrons. The molecule has 0 N–H and O–H groups in total. The SMILES string of the molecule is CCC(CCCCCCCCCBr)COC(=O)C(CC)CCCCCCCCCBr. The maximum atomic E-state index is 12.5. The van der Waals surface area contributed by atoms with Crippen LogP contribution in [0.4, 0.5) is 0 Å². The molecule has 0 saturated heterocycles. The molecule has 0 aromatic carbocycles. The second-order valence-electron chi connectivity index (χ2n) is 8.91. The van der Waals surface area contributed by atoms with Gasteiger partial charge in [-0.15, -0.1) is 0 Å². The Hall–Kier alpha value is 0.430. The number of halogens is 2. The van der Waals surface area contributed by atoms with Gasteiger partial charge in [-0.1, -0.05) is 129 Å². The summed E-state index contributed by atoms with van der Waals surface area (Å²) in [5.74, 6) is 0.704. The van der Waals surface area contributed by atoms with Gasteiger partial charge in [-0.2, -0.15) is 0 Å². The molecular weight excluding hydrogens is 504 g/mol. The number of ether oxygens (including phenoxy) is 1. The van der Waals surface area contributed by atoms with E-state index in [0.29, 0.717) is 12.5 Å². The second kappa shape index (κ2) is 24.1. The molecule has 0 radical (unpaired) electrons. The van der Waals surface area contributed by atoms with Crippen LogP contribution in [0.3, 0.4) is 0 Å². The Morgan fingerprint density at radius 1 is 0.633 bits per heavy atom. The lowest BCUT2D eigenvalue weighted by Crippen LogP contribution is -2.21. The van der Waals surface area contributed by atoms with Crippen LogP contribution in [0.5, 0.6) is 0 Å². The highest BCUT2D eigenvalue weighted by Gasteiger charge is 2.19. The van der Waals surface area contributed by atoms with Gasteiger partial charge in [0.2, 0.25) is 0 Å². The predicted molar refractivity (Wildman–Crippen MR) is 140 cm³/mol. The van der Waals surface area contributed by atoms with E-state index in [1.165, 1.54) is 96.3 Å². The number of hydrogen-bond donors (Lipinski definition) is 0. The van der Waals surface area contributed by atoms with Gasteiger partial charge >= 0.3 is 5.97 Å². The topological polar surface area (TPSA) is 26.3 Å². The number of alkyl halides is 2. The number of esters is 1. The molecule has 0 spiro atoms. The van der Waals surface area contributed by atoms with Crippen LogP contribution in [-0.2, 0) is 9.53 Å². The molecule has 0 aromatic rings. The standard InChI is InChI=1S/C26H50Br2O2/c1-3-24(19-15-11-7-5-9-13-17-21-27)23-30-26(29)25(4-2)20-16-12-8-6-10-14-18-22-28/h24-25H,3-23H2,1-2H3. The van der Waals surface area contributed by atoms with Crippen LogP contribution < -0.4 is 0 Å². The number of unbranched alkanes of at least 4 members (excludes halogenated alkanes) is 12. The molecule has 0 saturated carbocycles. The summed E-state index contributed by atoms with van der Waals surface area (Å²) < 4.78 is 5.75. The Labute approximate surface area is 205 Å². The lowest BCUT2D eigenvalue weighted by molar-refractivity contribution is -0.150. The van der Waals surface area contributed by atoms with E-state index in [9.17, 15) is 4.79 Å². The van der Waals surface area contributed by atoms with Crippen LogP contribution in [0.15, 0.2) is 0 Å². The fourth-order valence-corrected chi connectivity index (χ4v) is 4.79. The molecule has 0 aromatic heterocycles. The van der Waals surface area contributed by atoms with Crippen LogP contribution in [0.2, 0.25) is 0 Å². The molecule has 0 heterocycles. The van der Waals surface area contributed by atoms with Crippen LogP contribution in [-0.4, -0.2) is 23.2 Å². The zero-order chi connectivity index (χ0) is 22.3. The first-order valence-electron chi connectivity index (χ1n) is 13.0. The number of carbonyl (C=O) groups excluding carboxylic acids is 1. The minimum Gasteiger partial charge on any atom is -0.465 e. The highest BCUT2D eigenvalue weighted by atomic mass is 79.9. The van der Waals surface area contributed by atoms with Gasteiger partial charge in [0.05, 0.1) is 12.5 Å². The summed E-state index contributed by atoms with van der Waals surface area (Å²) in [5, 5.41) is 2.27. The summed E-state index contributed by atoms with van der Waals surface area (Å²) in [7, 11) is 0. The second-order valence-corrected chi connectivity index (χ2v) is 10.5. The van der Waals surface area contributed by atoms with Crippen LogP contribution in [0, 0.1) is 11.8 Å². The minimum absolute atomic E-state index is 0.0556. The molecule has 2 unspecified atom stereocenters. The van der Waals surface area contributed by atoms with E-state index in [4.69, 9.17) is 4.74 Å². The van der Waals surface area contributed by atoms with Crippen LogP contribution in [0.25, 0.3) is 0 Å². The number of hydrogen-bond acceptors (Lipinski definition) is 2. The molecule has 0 amide bonds. The molecule has 0 aliphatic rings. The van der Waals surface area contributed by atoms with Crippen molar-refractivity contribution in [1.29, 1.82) is 0 Å². The van der Waals surface area contributed by atoms with Gasteiger partial charge in [0.15, 0.2) is 0 Å². The molecule has 30 heavy (non-hydrogen) atoms. The zero-order valence-corrected chi connectivity index (χ0v) is 23.2. The van der Waals surface area contributed by atoms with Gasteiger partial charge in [0.1, 0.15) is 0 Å². The molecule has 0 aliphatic carbocycles. The summed E-state index contributed by atoms with van der Waals surface area (Å²) in [5.41, 5.74) is 0. The molecule has 4 heteroatoms. The predicted octanol–water partition coefficient (Wildman–Crippen LogP) is 9.61. The average Bonchev–Trinajstić information content (AvgIpc) is 2.76. The monoisotopic (exact) mass is 552 g/mol. The summed E-state index contributed by atoms with van der Waals surface area (Å²) in [6.07, 6.45) is 22.6. The van der Waals surface area contributed by atoms with Gasteiger partial charge < -0.3 is 4.74 Å². The molecular formula is C26H50Br2O2. The highest BCUT2D eigenvalue weighted by molar-refractivity contribution is 9.09. The zero-order valence-electron chi connectivity index (χ0n) is 20.1. The largest absolute Gasteiger partial charge is 0.465 e. The third-order valence-corrected chi connectivity index (χ3v) is 7.42. The molecule has 0 aliphatic heterocycles. The fraction of sp³-hybridized carbons (Fsp3) is 0.962. The van der Waals surface area contributed by atoms with Gasteiger partial charge in [-0.3, -0.25) is 4.79 Å². The summed E-state index contributed by atoms with van der Waals surface area (Å²) in [4.78, 5) is 12.5. The van der Waals surface area contributed by atoms with E-state index in [1.807, 2.05) is 0 Å². The van der Waals surface area contributed by atoms with E-state index in [-0.39, 0.29) is 11.9 Å². The van der Waals surface area contributed by atoms with Crippen molar-refractivity contribution in [3.05, 3.63) is 0 Å². The third-order valence-electron chi connectivity index (χ3n) is 6.30. The minimum atomic E-state index is 0.0556. The van der Waals surface area contributed by atoms with Crippen molar-refractivity contribution >= 4 is 37.8 Å². The molecule has 2 nitrogen and oxygen atoms in total. The van der Waals surface area contributed by atoms with E-state index >= 15 is 0 Å². The first kappa shape index (κ1) is 30.4. The lowest BCUT2D eigenvalue weighted by Gasteiger charge is -2.18. The van der Waals surface area contributed by atoms with E-state index < -0.39 is 0 Å². The Balaban J connectivity index is 3.79. The number of carbonyl (C=O) groups is 1. The van der Waals surface area contributed by atoms with Crippen molar-refractivity contribution in [2.24, 2.45) is 11.8 Å². The summed E-state index contributed by atoms with van der Waals surface area (Å²) >= 11 is 6.99. The maximum Gasteiger partial charge on any atom is 0.308 e. The van der Waals surface area contributed by atoms with Gasteiger partial charge in [0.25, 0.3) is 0 Å². The Morgan fingerprint density at radius 2 is 1.07 bits per heavy atom. The van der Waals surface area contributed by atoms with Crippen molar-refractivity contribution in [3.8, 4) is 0 Å². The van der Waals surface area contributed by atoms with E-state index in [2.05, 4.69) is 45.7 Å². The summed E-state index contributed by atoms with van der Waals surface area (Å²) in [6.45, 7) is 4.99. The van der Waals surface area contributed by atoms with Crippen LogP contribution in [0.1, 0.15) is 129 Å². The fourth-order valence-electron chi connectivity index (χ4n) is 3.99. The molecule has 0 bridgehead atoms. The lowest BCUT2D eigenvalue weighted by atomic mass is 9.97. The van der Waals surface area contributed by atoms with Crippen molar-refractivity contribution in [3.63, 3.8) is 0 Å². The van der Waals surface area contributed by atoms with Crippen LogP contribution >= 0.6 is 31.9 Å². The van der Waals surface area contributed by atoms with E-state index in [0.717, 1.165) is 29.9 Å². The average molecular weight is 554 g/mol. The molecule has 2 atom stereocenters. The van der Waals surface area contributed by atoms with Gasteiger partial charge in [0, 0.05) is 10.7 Å². The van der Waals surface area contributed by atoms with Gasteiger partial charge in [-0.25, -0.2) is 0 Å². The summed E-state index contributed by atoms with van der Waals surface area (Å²) in [6, 6.07) is 0. The normalized spacial score (nSPS) is 13.3. The smallest absolute Gasteiger partial charge is 0.308 e. The Bertz CT molecular complexity index is 363. The number of rotatable bonds is 23. The first-order valence-corrected chi connectivity index (χ1v) is 15.2. The quantitative estimate of drug-likeness (QED) is 0.0714. The molecule has 0 rings (SSSR count). The van der Waals surface area contributed by atoms with Crippen molar-refractivity contribution < 1.29 is 9.53 Å². The Kier molecular flexibility index (Phi) is 24.4. The van der Waals surface area contributed by atoms with E-state index in [1.54, 1.807) is 0 Å². The van der Waals surface area contributed by atoms with Gasteiger partial charge in [-0.05, 0) is 38.0 Å². The Morgan fingerprint density at radius 3 is 1.50 bits per heavy atom. The maximum absolute atomic E-state index is 12.5. The highest BCUT2D eigenvalue weighted by Crippen LogP contribution is 2.20.